The summed E-state index contributed by atoms with van der Waals surface area (Å²) in [5.41, 5.74) is 0. The van der Waals surface area contributed by atoms with Gasteiger partial charge in [0, 0.05) is 0 Å². The second-order valence-corrected chi connectivity index (χ2v) is 9.04. The van der Waals surface area contributed by atoms with E-state index in [1.54, 1.807) is 0 Å². The molecule has 0 saturated carbocycles. The molecule has 0 aliphatic heterocycles. The van der Waals surface area contributed by atoms with Gasteiger partial charge in [-0.3, -0.25) is 0 Å². The zero-order valence-corrected chi connectivity index (χ0v) is 18.6. The summed E-state index contributed by atoms with van der Waals surface area (Å²) in [6.07, 6.45) is 26.0. The van der Waals surface area contributed by atoms with E-state index in [2.05, 4.69) is 27.9 Å². The lowest BCUT2D eigenvalue weighted by Gasteiger charge is -2.30. The van der Waals surface area contributed by atoms with Crippen LogP contribution in [0.5, 0.6) is 0 Å². The monoisotopic (exact) mass is 354 g/mol. The maximum absolute atomic E-state index is 2.44. The Labute approximate surface area is 161 Å². The number of unbranched alkanes of at least 4 members (excludes halogenated alkanes) is 16. The van der Waals surface area contributed by atoms with Crippen molar-refractivity contribution in [2.45, 2.75) is 129 Å². The molecule has 0 aliphatic carbocycles. The zero-order valence-electron chi connectivity index (χ0n) is 18.6. The molecule has 152 valence electrons. The van der Waals surface area contributed by atoms with Gasteiger partial charge in [0.05, 0.1) is 27.2 Å². The summed E-state index contributed by atoms with van der Waals surface area (Å²) in [5.74, 6) is 0. The van der Waals surface area contributed by atoms with Crippen LogP contribution in [0.3, 0.4) is 0 Å². The number of hydrogen-bond donors (Lipinski definition) is 0. The molecule has 0 atom stereocenters. The van der Waals surface area contributed by atoms with Gasteiger partial charge in [-0.05, 0) is 25.7 Å². The lowest BCUT2D eigenvalue weighted by Crippen LogP contribution is -2.41. The van der Waals surface area contributed by atoms with Gasteiger partial charge in [0.25, 0.3) is 0 Å². The van der Waals surface area contributed by atoms with Crippen LogP contribution < -0.4 is 0 Å². The minimum Gasteiger partial charge on any atom is -0.328 e. The minimum absolute atomic E-state index is 1.24. The molecule has 0 amide bonds. The summed E-state index contributed by atoms with van der Waals surface area (Å²) in [6, 6.07) is 0. The molecule has 1 heteroatoms. The molecule has 0 aromatic carbocycles. The summed E-state index contributed by atoms with van der Waals surface area (Å²) >= 11 is 0. The minimum atomic E-state index is 1.24. The van der Waals surface area contributed by atoms with Crippen molar-refractivity contribution in [1.82, 2.24) is 0 Å². The zero-order chi connectivity index (χ0) is 18.6. The van der Waals surface area contributed by atoms with Crippen molar-refractivity contribution in [3.05, 3.63) is 0 Å². The van der Waals surface area contributed by atoms with E-state index in [-0.39, 0.29) is 0 Å². The molecule has 0 saturated heterocycles. The summed E-state index contributed by atoms with van der Waals surface area (Å²) in [5, 5.41) is 0. The van der Waals surface area contributed by atoms with E-state index in [1.807, 2.05) is 0 Å². The van der Waals surface area contributed by atoms with E-state index in [1.165, 1.54) is 133 Å². The molecule has 0 N–H and O–H groups in total. The third-order valence-corrected chi connectivity index (χ3v) is 5.73. The number of rotatable bonds is 20. The first kappa shape index (κ1) is 25.0. The van der Waals surface area contributed by atoms with Gasteiger partial charge in [0.15, 0.2) is 0 Å². The Kier molecular flexibility index (Phi) is 18.7. The average Bonchev–Trinajstić information content (AvgIpc) is 2.59. The summed E-state index contributed by atoms with van der Waals surface area (Å²) in [7, 11) is 4.88. The summed E-state index contributed by atoms with van der Waals surface area (Å²) in [6.45, 7) is 7.36. The fourth-order valence-corrected chi connectivity index (χ4v) is 3.81. The normalized spacial score (nSPS) is 12.0. The molecule has 0 aliphatic rings. The number of nitrogens with zero attached hydrogens (tertiary/aromatic N) is 1. The van der Waals surface area contributed by atoms with Gasteiger partial charge in [-0.15, -0.1) is 0 Å². The predicted molar refractivity (Wildman–Crippen MR) is 116 cm³/mol. The largest absolute Gasteiger partial charge is 0.328 e. The van der Waals surface area contributed by atoms with E-state index in [0.29, 0.717) is 0 Å². The average molecular weight is 355 g/mol. The van der Waals surface area contributed by atoms with E-state index in [0.717, 1.165) is 0 Å². The van der Waals surface area contributed by atoms with Gasteiger partial charge in [-0.25, -0.2) is 0 Å². The highest BCUT2D eigenvalue weighted by Gasteiger charge is 2.13. The van der Waals surface area contributed by atoms with Crippen molar-refractivity contribution >= 4 is 0 Å². The number of quaternary nitrogens is 1. The quantitative estimate of drug-likeness (QED) is 0.153. The van der Waals surface area contributed by atoms with Crippen LogP contribution in [0, 0.1) is 0 Å². The van der Waals surface area contributed by atoms with Crippen LogP contribution in [0.4, 0.5) is 0 Å². The smallest absolute Gasteiger partial charge is 0.0782 e. The highest BCUT2D eigenvalue weighted by Crippen LogP contribution is 2.13. The van der Waals surface area contributed by atoms with Crippen LogP contribution in [0.1, 0.15) is 129 Å². The Hall–Kier alpha value is -0.0400. The van der Waals surface area contributed by atoms with E-state index in [4.69, 9.17) is 0 Å². The van der Waals surface area contributed by atoms with Crippen LogP contribution in [-0.4, -0.2) is 31.7 Å². The maximum Gasteiger partial charge on any atom is 0.0782 e. The Morgan fingerprint density at radius 1 is 0.360 bits per heavy atom. The molecular weight excluding hydrogens is 302 g/mol. The first-order valence-corrected chi connectivity index (χ1v) is 11.9. The summed E-state index contributed by atoms with van der Waals surface area (Å²) < 4.78 is 1.24. The highest BCUT2D eigenvalue weighted by atomic mass is 15.3. The van der Waals surface area contributed by atoms with Crippen LogP contribution in [0.25, 0.3) is 0 Å². The van der Waals surface area contributed by atoms with E-state index < -0.39 is 0 Å². The molecule has 0 aromatic heterocycles. The van der Waals surface area contributed by atoms with Crippen molar-refractivity contribution in [2.75, 3.05) is 27.2 Å². The van der Waals surface area contributed by atoms with E-state index in [9.17, 15) is 0 Å². The topological polar surface area (TPSA) is 0 Å². The third-order valence-electron chi connectivity index (χ3n) is 5.73. The molecule has 0 spiro atoms. The van der Waals surface area contributed by atoms with Gasteiger partial charge >= 0.3 is 0 Å². The number of hydrogen-bond acceptors (Lipinski definition) is 0. The second kappa shape index (κ2) is 18.7. The van der Waals surface area contributed by atoms with Crippen LogP contribution in [-0.2, 0) is 0 Å². The van der Waals surface area contributed by atoms with Crippen LogP contribution in [0.2, 0.25) is 0 Å². The molecule has 0 radical (unpaired) electrons. The SMILES string of the molecule is CCCCCCCCCCCC[N+](C)(C)CCCCCCCCCC. The first-order valence-electron chi connectivity index (χ1n) is 11.9. The van der Waals surface area contributed by atoms with Crippen molar-refractivity contribution in [3.63, 3.8) is 0 Å². The van der Waals surface area contributed by atoms with Gasteiger partial charge in [-0.1, -0.05) is 104 Å². The van der Waals surface area contributed by atoms with Crippen molar-refractivity contribution < 1.29 is 4.48 Å². The molecular formula is C24H52N+. The lowest BCUT2D eigenvalue weighted by molar-refractivity contribution is -0.890. The third kappa shape index (κ3) is 20.1. The summed E-state index contributed by atoms with van der Waals surface area (Å²) in [4.78, 5) is 0. The van der Waals surface area contributed by atoms with Crippen molar-refractivity contribution in [2.24, 2.45) is 0 Å². The first-order chi connectivity index (χ1) is 12.1. The molecule has 0 aromatic rings. The second-order valence-electron chi connectivity index (χ2n) is 9.04. The van der Waals surface area contributed by atoms with Gasteiger partial charge in [0.1, 0.15) is 0 Å². The lowest BCUT2D eigenvalue weighted by atomic mass is 10.1. The van der Waals surface area contributed by atoms with Gasteiger partial charge in [0.2, 0.25) is 0 Å². The fraction of sp³-hybridized carbons (Fsp3) is 1.00. The van der Waals surface area contributed by atoms with Gasteiger partial charge < -0.3 is 4.48 Å². The molecule has 0 unspecified atom stereocenters. The molecule has 0 heterocycles. The Bertz CT molecular complexity index is 246. The van der Waals surface area contributed by atoms with Crippen LogP contribution in [0.15, 0.2) is 0 Å². The fourth-order valence-electron chi connectivity index (χ4n) is 3.81. The molecule has 1 nitrogen and oxygen atoms in total. The Morgan fingerprint density at radius 3 is 0.880 bits per heavy atom. The van der Waals surface area contributed by atoms with Crippen molar-refractivity contribution in [1.29, 1.82) is 0 Å². The highest BCUT2D eigenvalue weighted by molar-refractivity contribution is 4.49. The predicted octanol–water partition coefficient (Wildman–Crippen LogP) is 8.12. The molecule has 0 bridgehead atoms. The Balaban J connectivity index is 3.32. The van der Waals surface area contributed by atoms with Crippen LogP contribution >= 0.6 is 0 Å². The van der Waals surface area contributed by atoms with E-state index >= 15 is 0 Å². The molecule has 25 heavy (non-hydrogen) atoms. The van der Waals surface area contributed by atoms with Crippen molar-refractivity contribution in [3.8, 4) is 0 Å². The Morgan fingerprint density at radius 2 is 0.600 bits per heavy atom. The molecule has 0 rings (SSSR count). The standard InChI is InChI=1S/C24H52N/c1-5-7-9-11-13-15-16-18-20-22-24-25(3,4)23-21-19-17-14-12-10-8-6-2/h5-24H2,1-4H3/q+1. The van der Waals surface area contributed by atoms with Gasteiger partial charge in [-0.2, -0.15) is 0 Å². The maximum atomic E-state index is 2.44. The molecule has 0 fully saturated rings.